The highest BCUT2D eigenvalue weighted by molar-refractivity contribution is 8.24. The van der Waals surface area contributed by atoms with E-state index in [9.17, 15) is 19.0 Å². The van der Waals surface area contributed by atoms with Gasteiger partial charge in [0.15, 0.2) is 6.10 Å². The van der Waals surface area contributed by atoms with E-state index < -0.39 is 16.2 Å². The second-order valence-electron chi connectivity index (χ2n) is 10.8. The van der Waals surface area contributed by atoms with Crippen molar-refractivity contribution in [1.82, 2.24) is 0 Å². The summed E-state index contributed by atoms with van der Waals surface area (Å²) in [7, 11) is -2.56. The van der Waals surface area contributed by atoms with Crippen molar-refractivity contribution in [2.75, 3.05) is 24.7 Å². The first-order chi connectivity index (χ1) is 19.0. The lowest BCUT2D eigenvalue weighted by Gasteiger charge is -2.43. The Hall–Kier alpha value is -3.24. The van der Waals surface area contributed by atoms with E-state index in [4.69, 9.17) is 18.9 Å². The smallest absolute Gasteiger partial charge is 0.303 e. The number of aryl methyl sites for hydroxylation is 2. The van der Waals surface area contributed by atoms with Crippen molar-refractivity contribution >= 4 is 16.6 Å². The van der Waals surface area contributed by atoms with Crippen LogP contribution in [0.25, 0.3) is 11.1 Å². The van der Waals surface area contributed by atoms with Gasteiger partial charge in [0.1, 0.15) is 42.7 Å². The zero-order chi connectivity index (χ0) is 28.5. The molecule has 2 aliphatic rings. The van der Waals surface area contributed by atoms with Gasteiger partial charge in [-0.05, 0) is 84.8 Å². The molecule has 3 aromatic rings. The van der Waals surface area contributed by atoms with Crippen LogP contribution in [0, 0.1) is 13.8 Å². The van der Waals surface area contributed by atoms with Crippen LogP contribution in [0.2, 0.25) is 0 Å². The normalized spacial score (nSPS) is 19.7. The van der Waals surface area contributed by atoms with Crippen molar-refractivity contribution in [2.45, 2.75) is 51.9 Å². The summed E-state index contributed by atoms with van der Waals surface area (Å²) < 4.78 is 42.7. The molecule has 9 heteroatoms. The fourth-order valence-electron chi connectivity index (χ4n) is 5.29. The summed E-state index contributed by atoms with van der Waals surface area (Å²) in [5.41, 5.74) is 5.09. The van der Waals surface area contributed by atoms with Gasteiger partial charge < -0.3 is 24.1 Å². The number of benzene rings is 3. The molecule has 1 unspecified atom stereocenters. The number of aliphatic hydroxyl groups is 1. The molecular weight excluding hydrogens is 532 g/mol. The van der Waals surface area contributed by atoms with Crippen molar-refractivity contribution < 1.29 is 38.0 Å². The average Bonchev–Trinajstić information content (AvgIpc) is 3.29. The van der Waals surface area contributed by atoms with Gasteiger partial charge in [-0.25, -0.2) is 0 Å². The standard InChI is InChI=1S/C31H36O8S/c1-20-13-26(38-19-31(33)9-11-40(34,35)12-10-31)14-21(2)30(20)24-6-4-5-23(15-24)17-36-25-7-8-27-28(16-25)37-18-29(27)39-22(3)32/h4-8,13-16,29,33-35H,9-12,17-19H2,1-3H3. The first kappa shape index (κ1) is 28.3. The molecule has 5 rings (SSSR count). The van der Waals surface area contributed by atoms with Crippen molar-refractivity contribution in [1.29, 1.82) is 0 Å². The van der Waals surface area contributed by atoms with Crippen LogP contribution in [-0.2, 0) is 16.1 Å². The average molecular weight is 569 g/mol. The molecule has 0 saturated carbocycles. The van der Waals surface area contributed by atoms with E-state index in [0.29, 0.717) is 43.3 Å². The minimum absolute atomic E-state index is 0.117. The number of carbonyl (C=O) groups is 1. The molecular formula is C31H36O8S. The number of rotatable bonds is 8. The van der Waals surface area contributed by atoms with E-state index >= 15 is 0 Å². The molecule has 2 aliphatic heterocycles. The van der Waals surface area contributed by atoms with Gasteiger partial charge in [0.05, 0.1) is 0 Å². The summed E-state index contributed by atoms with van der Waals surface area (Å²) >= 11 is 0. The quantitative estimate of drug-likeness (QED) is 0.275. The lowest BCUT2D eigenvalue weighted by atomic mass is 9.94. The predicted octanol–water partition coefficient (Wildman–Crippen LogP) is 6.20. The van der Waals surface area contributed by atoms with Gasteiger partial charge in [-0.2, -0.15) is 10.6 Å². The summed E-state index contributed by atoms with van der Waals surface area (Å²) in [4.78, 5) is 11.3. The summed E-state index contributed by atoms with van der Waals surface area (Å²) in [5, 5.41) is 10.8. The van der Waals surface area contributed by atoms with Gasteiger partial charge >= 0.3 is 5.97 Å². The van der Waals surface area contributed by atoms with Crippen LogP contribution in [0.3, 0.4) is 0 Å². The Bertz CT molecular complexity index is 1370. The number of carbonyl (C=O) groups excluding carboxylic acids is 1. The van der Waals surface area contributed by atoms with E-state index in [1.54, 1.807) is 0 Å². The third-order valence-corrected chi connectivity index (χ3v) is 9.17. The third kappa shape index (κ3) is 6.55. The van der Waals surface area contributed by atoms with Crippen LogP contribution in [0.4, 0.5) is 0 Å². The fourth-order valence-corrected chi connectivity index (χ4v) is 6.91. The summed E-state index contributed by atoms with van der Waals surface area (Å²) in [6.07, 6.45) is 0.239. The first-order valence-electron chi connectivity index (χ1n) is 13.4. The Labute approximate surface area is 236 Å². The maximum absolute atomic E-state index is 11.3. The Kier molecular flexibility index (Phi) is 8.01. The maximum Gasteiger partial charge on any atom is 0.303 e. The molecule has 8 nitrogen and oxygen atoms in total. The van der Waals surface area contributed by atoms with Crippen molar-refractivity contribution in [3.8, 4) is 28.4 Å². The molecule has 1 saturated heterocycles. The topological polar surface area (TPSA) is 115 Å². The molecule has 214 valence electrons. The van der Waals surface area contributed by atoms with Crippen molar-refractivity contribution in [3.05, 3.63) is 76.9 Å². The van der Waals surface area contributed by atoms with Gasteiger partial charge in [-0.3, -0.25) is 13.9 Å². The van der Waals surface area contributed by atoms with Gasteiger partial charge in [0.2, 0.25) is 0 Å². The molecule has 1 atom stereocenters. The molecule has 40 heavy (non-hydrogen) atoms. The fraction of sp³-hybridized carbons (Fsp3) is 0.387. The highest BCUT2D eigenvalue weighted by Gasteiger charge is 2.36. The van der Waals surface area contributed by atoms with Crippen LogP contribution in [0.5, 0.6) is 17.2 Å². The highest BCUT2D eigenvalue weighted by atomic mass is 32.3. The van der Waals surface area contributed by atoms with Gasteiger partial charge in [-0.1, -0.05) is 18.2 Å². The van der Waals surface area contributed by atoms with Gasteiger partial charge in [0.25, 0.3) is 0 Å². The van der Waals surface area contributed by atoms with Gasteiger partial charge in [0, 0.05) is 30.1 Å². The van der Waals surface area contributed by atoms with Crippen molar-refractivity contribution in [2.24, 2.45) is 0 Å². The minimum atomic E-state index is -2.56. The Morgan fingerprint density at radius 2 is 1.73 bits per heavy atom. The molecule has 0 bridgehead atoms. The van der Waals surface area contributed by atoms with Gasteiger partial charge in [-0.15, -0.1) is 0 Å². The lowest BCUT2D eigenvalue weighted by Crippen LogP contribution is -2.42. The largest absolute Gasteiger partial charge is 0.491 e. The summed E-state index contributed by atoms with van der Waals surface area (Å²) in [5.74, 6) is 2.10. The Balaban J connectivity index is 1.24. The second kappa shape index (κ2) is 11.3. The maximum atomic E-state index is 11.3. The van der Waals surface area contributed by atoms with Crippen molar-refractivity contribution in [3.63, 3.8) is 0 Å². The number of fused-ring (bicyclic) bond motifs is 1. The Morgan fingerprint density at radius 3 is 2.42 bits per heavy atom. The SMILES string of the molecule is CC(=O)OC1COc2cc(OCc3cccc(-c4c(C)cc(OCC5(O)CCS(O)(O)CC5)cc4C)c3)ccc21. The molecule has 2 heterocycles. The zero-order valence-corrected chi connectivity index (χ0v) is 23.8. The first-order valence-corrected chi connectivity index (χ1v) is 15.2. The number of ether oxygens (including phenoxy) is 4. The Morgan fingerprint density at radius 1 is 1.00 bits per heavy atom. The monoisotopic (exact) mass is 568 g/mol. The molecule has 1 fully saturated rings. The zero-order valence-electron chi connectivity index (χ0n) is 23.0. The van der Waals surface area contributed by atoms with Crippen LogP contribution >= 0.6 is 10.6 Å². The van der Waals surface area contributed by atoms with Crippen LogP contribution < -0.4 is 14.2 Å². The number of hydrogen-bond donors (Lipinski definition) is 3. The molecule has 0 spiro atoms. The molecule has 0 aliphatic carbocycles. The minimum Gasteiger partial charge on any atom is -0.491 e. The predicted molar refractivity (Wildman–Crippen MR) is 154 cm³/mol. The summed E-state index contributed by atoms with van der Waals surface area (Å²) in [6, 6.07) is 17.7. The number of esters is 1. The lowest BCUT2D eigenvalue weighted by molar-refractivity contribution is -0.147. The van der Waals surface area contributed by atoms with Crippen LogP contribution in [-0.4, -0.2) is 50.5 Å². The van der Waals surface area contributed by atoms with Crippen LogP contribution in [0.15, 0.2) is 54.6 Å². The van der Waals surface area contributed by atoms with E-state index in [0.717, 1.165) is 33.4 Å². The third-order valence-electron chi connectivity index (χ3n) is 7.45. The molecule has 0 amide bonds. The summed E-state index contributed by atoms with van der Waals surface area (Å²) in [6.45, 7) is 6.26. The highest BCUT2D eigenvalue weighted by Crippen LogP contribution is 2.47. The van der Waals surface area contributed by atoms with E-state index in [1.165, 1.54) is 6.92 Å². The van der Waals surface area contributed by atoms with E-state index in [1.807, 2.05) is 56.3 Å². The van der Waals surface area contributed by atoms with Crippen LogP contribution in [0.1, 0.15) is 48.1 Å². The molecule has 3 aromatic carbocycles. The van der Waals surface area contributed by atoms with E-state index in [2.05, 4.69) is 12.1 Å². The molecule has 0 radical (unpaired) electrons. The van der Waals surface area contributed by atoms with E-state index in [-0.39, 0.29) is 30.2 Å². The second-order valence-corrected chi connectivity index (χ2v) is 13.2. The molecule has 0 aromatic heterocycles. The molecule has 3 N–H and O–H groups in total. The number of hydrogen-bond acceptors (Lipinski definition) is 8.